The van der Waals surface area contributed by atoms with Gasteiger partial charge in [-0.05, 0) is 54.8 Å². The Morgan fingerprint density at radius 3 is 2.62 bits per heavy atom. The van der Waals surface area contributed by atoms with E-state index in [0.717, 1.165) is 48.9 Å². The Hall–Kier alpha value is -2.69. The molecule has 0 amide bonds. The van der Waals surface area contributed by atoms with Gasteiger partial charge in [0.25, 0.3) is 0 Å². The molecule has 1 unspecified atom stereocenters. The average Bonchev–Trinajstić information content (AvgIpc) is 3.20. The number of halogens is 1. The van der Waals surface area contributed by atoms with Crippen molar-refractivity contribution in [3.8, 4) is 5.75 Å². The number of para-hydroxylation sites is 2. The fourth-order valence-corrected chi connectivity index (χ4v) is 4.98. The molecule has 1 fully saturated rings. The third-order valence-corrected chi connectivity index (χ3v) is 6.83. The highest BCUT2D eigenvalue weighted by Crippen LogP contribution is 2.43. The van der Waals surface area contributed by atoms with Crippen molar-refractivity contribution < 1.29 is 4.74 Å². The van der Waals surface area contributed by atoms with Crippen molar-refractivity contribution in [3.63, 3.8) is 0 Å². The van der Waals surface area contributed by atoms with Crippen molar-refractivity contribution in [2.24, 2.45) is 0 Å². The molecule has 2 aliphatic rings. The summed E-state index contributed by atoms with van der Waals surface area (Å²) >= 11 is 6.42. The van der Waals surface area contributed by atoms with Crippen LogP contribution in [0.1, 0.15) is 17.5 Å². The SMILES string of the molecule is CN(C)c1ccc(CCN2CCC(N3c4cc(Cl)ccc4COc4ccccc43)C2)cc1. The first kappa shape index (κ1) is 21.2. The highest BCUT2D eigenvalue weighted by atomic mass is 35.5. The molecule has 1 atom stereocenters. The topological polar surface area (TPSA) is 19.0 Å². The minimum Gasteiger partial charge on any atom is -0.487 e. The number of anilines is 3. The van der Waals surface area contributed by atoms with E-state index in [0.29, 0.717) is 12.6 Å². The van der Waals surface area contributed by atoms with E-state index in [4.69, 9.17) is 16.3 Å². The smallest absolute Gasteiger partial charge is 0.143 e. The second-order valence-electron chi connectivity index (χ2n) is 8.95. The fourth-order valence-electron chi connectivity index (χ4n) is 4.81. The van der Waals surface area contributed by atoms with Gasteiger partial charge in [-0.3, -0.25) is 0 Å². The van der Waals surface area contributed by atoms with Gasteiger partial charge in [-0.2, -0.15) is 0 Å². The molecule has 0 radical (unpaired) electrons. The second-order valence-corrected chi connectivity index (χ2v) is 9.39. The number of fused-ring (bicyclic) bond motifs is 2. The standard InChI is InChI=1S/C27H30ClN3O/c1-29(2)23-11-7-20(8-12-23)13-15-30-16-14-24(18-30)31-25-5-3-4-6-27(25)32-19-21-9-10-22(28)17-26(21)31/h3-12,17,24H,13-16,18-19H2,1-2H3. The van der Waals surface area contributed by atoms with E-state index in [1.807, 2.05) is 12.1 Å². The molecule has 0 N–H and O–H groups in total. The van der Waals surface area contributed by atoms with E-state index >= 15 is 0 Å². The molecule has 5 heteroatoms. The molecule has 3 aromatic carbocycles. The van der Waals surface area contributed by atoms with Gasteiger partial charge in [0, 0.05) is 61.7 Å². The summed E-state index contributed by atoms with van der Waals surface area (Å²) in [6, 6.07) is 23.8. The summed E-state index contributed by atoms with van der Waals surface area (Å²) in [5.41, 5.74) is 6.14. The minimum atomic E-state index is 0.395. The number of benzene rings is 3. The lowest BCUT2D eigenvalue weighted by molar-refractivity contribution is 0.310. The number of hydrogen-bond acceptors (Lipinski definition) is 4. The second kappa shape index (κ2) is 9.05. The highest BCUT2D eigenvalue weighted by molar-refractivity contribution is 6.30. The first-order chi connectivity index (χ1) is 15.6. The summed E-state index contributed by atoms with van der Waals surface area (Å²) in [4.78, 5) is 7.19. The number of rotatable bonds is 5. The van der Waals surface area contributed by atoms with Crippen LogP contribution < -0.4 is 14.5 Å². The van der Waals surface area contributed by atoms with Crippen molar-refractivity contribution in [2.45, 2.75) is 25.5 Å². The molecule has 2 heterocycles. The van der Waals surface area contributed by atoms with Gasteiger partial charge in [0.1, 0.15) is 12.4 Å². The van der Waals surface area contributed by atoms with Crippen LogP contribution in [0.4, 0.5) is 17.1 Å². The Balaban J connectivity index is 1.34. The fraction of sp³-hybridized carbons (Fsp3) is 0.333. The molecule has 5 rings (SSSR count). The van der Waals surface area contributed by atoms with Crippen molar-refractivity contribution in [1.29, 1.82) is 0 Å². The van der Waals surface area contributed by atoms with E-state index in [9.17, 15) is 0 Å². The summed E-state index contributed by atoms with van der Waals surface area (Å²) in [7, 11) is 4.16. The molecule has 0 saturated carbocycles. The van der Waals surface area contributed by atoms with Crippen LogP contribution in [-0.4, -0.2) is 44.7 Å². The Morgan fingerprint density at radius 1 is 1.00 bits per heavy atom. The predicted molar refractivity (Wildman–Crippen MR) is 134 cm³/mol. The van der Waals surface area contributed by atoms with Gasteiger partial charge in [0.05, 0.1) is 5.69 Å². The monoisotopic (exact) mass is 447 g/mol. The molecular weight excluding hydrogens is 418 g/mol. The van der Waals surface area contributed by atoms with Crippen molar-refractivity contribution in [3.05, 3.63) is 82.9 Å². The minimum absolute atomic E-state index is 0.395. The van der Waals surface area contributed by atoms with E-state index in [1.54, 1.807) is 0 Å². The van der Waals surface area contributed by atoms with Gasteiger partial charge in [0.15, 0.2) is 0 Å². The molecule has 2 aliphatic heterocycles. The molecule has 166 valence electrons. The zero-order chi connectivity index (χ0) is 22.1. The number of likely N-dealkylation sites (tertiary alicyclic amines) is 1. The van der Waals surface area contributed by atoms with E-state index in [-0.39, 0.29) is 0 Å². The van der Waals surface area contributed by atoms with Gasteiger partial charge in [0.2, 0.25) is 0 Å². The number of nitrogens with zero attached hydrogens (tertiary/aromatic N) is 3. The summed E-state index contributed by atoms with van der Waals surface area (Å²) in [5.74, 6) is 0.944. The molecule has 0 aromatic heterocycles. The van der Waals surface area contributed by atoms with E-state index in [2.05, 4.69) is 83.4 Å². The zero-order valence-electron chi connectivity index (χ0n) is 18.8. The number of ether oxygens (including phenoxy) is 1. The molecule has 4 nitrogen and oxygen atoms in total. The molecular formula is C27H30ClN3O. The van der Waals surface area contributed by atoms with Crippen LogP contribution in [0, 0.1) is 0 Å². The van der Waals surface area contributed by atoms with Crippen LogP contribution in [0.2, 0.25) is 5.02 Å². The lowest BCUT2D eigenvalue weighted by Crippen LogP contribution is -2.35. The quantitative estimate of drug-likeness (QED) is 0.495. The van der Waals surface area contributed by atoms with Gasteiger partial charge in [-0.1, -0.05) is 41.9 Å². The molecule has 0 bridgehead atoms. The normalized spacial score (nSPS) is 18.0. The maximum Gasteiger partial charge on any atom is 0.143 e. The number of hydrogen-bond donors (Lipinski definition) is 0. The first-order valence-electron chi connectivity index (χ1n) is 11.4. The molecule has 0 spiro atoms. The maximum atomic E-state index is 6.42. The van der Waals surface area contributed by atoms with Crippen LogP contribution >= 0.6 is 11.6 Å². The van der Waals surface area contributed by atoms with E-state index in [1.165, 1.54) is 22.5 Å². The van der Waals surface area contributed by atoms with Crippen LogP contribution in [0.25, 0.3) is 0 Å². The van der Waals surface area contributed by atoms with Crippen molar-refractivity contribution in [2.75, 3.05) is 43.5 Å². The molecule has 0 aliphatic carbocycles. The lowest BCUT2D eigenvalue weighted by Gasteiger charge is -2.32. The first-order valence-corrected chi connectivity index (χ1v) is 11.7. The van der Waals surface area contributed by atoms with Crippen molar-refractivity contribution in [1.82, 2.24) is 4.90 Å². The summed E-state index contributed by atoms with van der Waals surface area (Å²) in [6.07, 6.45) is 2.20. The summed E-state index contributed by atoms with van der Waals surface area (Å²) in [6.45, 7) is 3.79. The van der Waals surface area contributed by atoms with Crippen LogP contribution in [0.3, 0.4) is 0 Å². The van der Waals surface area contributed by atoms with Gasteiger partial charge in [-0.15, -0.1) is 0 Å². The molecule has 32 heavy (non-hydrogen) atoms. The predicted octanol–water partition coefficient (Wildman–Crippen LogP) is 5.75. The highest BCUT2D eigenvalue weighted by Gasteiger charge is 2.32. The zero-order valence-corrected chi connectivity index (χ0v) is 19.6. The van der Waals surface area contributed by atoms with Gasteiger partial charge < -0.3 is 19.4 Å². The van der Waals surface area contributed by atoms with Crippen LogP contribution in [0.5, 0.6) is 5.75 Å². The van der Waals surface area contributed by atoms with Gasteiger partial charge in [-0.25, -0.2) is 0 Å². The third-order valence-electron chi connectivity index (χ3n) is 6.60. The largest absolute Gasteiger partial charge is 0.487 e. The Bertz CT molecular complexity index is 1080. The third kappa shape index (κ3) is 4.30. The van der Waals surface area contributed by atoms with Crippen LogP contribution in [-0.2, 0) is 13.0 Å². The van der Waals surface area contributed by atoms with E-state index < -0.39 is 0 Å². The summed E-state index contributed by atoms with van der Waals surface area (Å²) < 4.78 is 6.16. The Morgan fingerprint density at radius 2 is 1.81 bits per heavy atom. The average molecular weight is 448 g/mol. The lowest BCUT2D eigenvalue weighted by atomic mass is 10.1. The Kier molecular flexibility index (Phi) is 5.99. The Labute approximate surface area is 196 Å². The van der Waals surface area contributed by atoms with Crippen LogP contribution in [0.15, 0.2) is 66.7 Å². The molecule has 1 saturated heterocycles. The summed E-state index contributed by atoms with van der Waals surface area (Å²) in [5, 5.41) is 0.768. The molecule has 3 aromatic rings. The maximum absolute atomic E-state index is 6.42. The van der Waals surface area contributed by atoms with Gasteiger partial charge >= 0.3 is 0 Å². The van der Waals surface area contributed by atoms with Crippen molar-refractivity contribution >= 4 is 28.7 Å².